The van der Waals surface area contributed by atoms with Gasteiger partial charge in [-0.2, -0.15) is 0 Å². The number of aryl methyl sites for hydroxylation is 2. The number of benzene rings is 1. The van der Waals surface area contributed by atoms with Gasteiger partial charge in [-0.25, -0.2) is 4.98 Å². The summed E-state index contributed by atoms with van der Waals surface area (Å²) < 4.78 is 1.97. The third-order valence-corrected chi connectivity index (χ3v) is 3.57. The molecule has 1 aromatic heterocycles. The molecular formula is C14H19N3O3. The normalized spacial score (nSPS) is 14.4. The molecule has 2 atom stereocenters. The molecule has 1 heterocycles. The third kappa shape index (κ3) is 2.81. The molecule has 2 rings (SSSR count). The van der Waals surface area contributed by atoms with Crippen LogP contribution < -0.4 is 5.73 Å². The van der Waals surface area contributed by atoms with Crippen molar-refractivity contribution in [3.63, 3.8) is 0 Å². The van der Waals surface area contributed by atoms with Gasteiger partial charge in [0.1, 0.15) is 5.82 Å². The van der Waals surface area contributed by atoms with Crippen molar-refractivity contribution in [1.29, 1.82) is 0 Å². The van der Waals surface area contributed by atoms with Crippen LogP contribution in [-0.4, -0.2) is 31.8 Å². The summed E-state index contributed by atoms with van der Waals surface area (Å²) >= 11 is 0. The minimum atomic E-state index is -0.913. The van der Waals surface area contributed by atoms with Crippen molar-refractivity contribution >= 4 is 17.0 Å². The molecule has 1 aromatic carbocycles. The highest BCUT2D eigenvalue weighted by molar-refractivity contribution is 5.77. The van der Waals surface area contributed by atoms with Crippen LogP contribution in [0.3, 0.4) is 0 Å². The van der Waals surface area contributed by atoms with Gasteiger partial charge in [-0.3, -0.25) is 4.79 Å². The van der Waals surface area contributed by atoms with Crippen molar-refractivity contribution in [2.45, 2.75) is 31.9 Å². The molecule has 108 valence electrons. The van der Waals surface area contributed by atoms with Gasteiger partial charge in [-0.15, -0.1) is 0 Å². The van der Waals surface area contributed by atoms with Crippen LogP contribution in [0.25, 0.3) is 11.0 Å². The summed E-state index contributed by atoms with van der Waals surface area (Å²) in [7, 11) is 1.93. The van der Waals surface area contributed by atoms with E-state index in [1.54, 1.807) is 12.1 Å². The average Bonchev–Trinajstić information content (AvgIpc) is 2.70. The molecule has 6 heteroatoms. The number of fused-ring (bicyclic) bond motifs is 1. The molecular weight excluding hydrogens is 258 g/mol. The molecule has 2 aromatic rings. The Labute approximate surface area is 116 Å². The Bertz CT molecular complexity index is 636. The molecule has 0 aliphatic carbocycles. The Morgan fingerprint density at radius 3 is 2.85 bits per heavy atom. The summed E-state index contributed by atoms with van der Waals surface area (Å²) in [5, 5.41) is 18.8. The van der Waals surface area contributed by atoms with Crippen LogP contribution in [-0.2, 0) is 11.8 Å². The van der Waals surface area contributed by atoms with Crippen LogP contribution in [0.5, 0.6) is 0 Å². The summed E-state index contributed by atoms with van der Waals surface area (Å²) in [6.45, 7) is 1.91. The largest absolute Gasteiger partial charge is 0.481 e. The van der Waals surface area contributed by atoms with E-state index < -0.39 is 18.1 Å². The van der Waals surface area contributed by atoms with Crippen molar-refractivity contribution in [2.24, 2.45) is 12.8 Å². The fourth-order valence-electron chi connectivity index (χ4n) is 2.22. The summed E-state index contributed by atoms with van der Waals surface area (Å²) in [5.41, 5.74) is 8.28. The van der Waals surface area contributed by atoms with Gasteiger partial charge in [-0.1, -0.05) is 6.07 Å². The number of aliphatic carboxylic acids is 1. The number of carboxylic acids is 1. The summed E-state index contributed by atoms with van der Waals surface area (Å²) in [6, 6.07) is 4.88. The zero-order valence-corrected chi connectivity index (χ0v) is 11.6. The van der Waals surface area contributed by atoms with Gasteiger partial charge in [0.25, 0.3) is 0 Å². The SMILES string of the molecule is Cc1nc2cc(C(O)C(N)CCC(=O)O)ccc2n1C. The Balaban J connectivity index is 2.21. The highest BCUT2D eigenvalue weighted by Crippen LogP contribution is 2.23. The zero-order valence-electron chi connectivity index (χ0n) is 11.6. The predicted molar refractivity (Wildman–Crippen MR) is 75.3 cm³/mol. The van der Waals surface area contributed by atoms with E-state index in [9.17, 15) is 9.90 Å². The lowest BCUT2D eigenvalue weighted by Crippen LogP contribution is -2.29. The third-order valence-electron chi connectivity index (χ3n) is 3.57. The summed E-state index contributed by atoms with van der Waals surface area (Å²) in [5.74, 6) is -0.0229. The van der Waals surface area contributed by atoms with Crippen molar-refractivity contribution in [1.82, 2.24) is 9.55 Å². The van der Waals surface area contributed by atoms with Gasteiger partial charge in [0, 0.05) is 19.5 Å². The molecule has 0 spiro atoms. The van der Waals surface area contributed by atoms with Crippen LogP contribution in [0.15, 0.2) is 18.2 Å². The lowest BCUT2D eigenvalue weighted by atomic mass is 9.99. The second kappa shape index (κ2) is 5.60. The van der Waals surface area contributed by atoms with Gasteiger partial charge < -0.3 is 20.5 Å². The maximum absolute atomic E-state index is 10.5. The van der Waals surface area contributed by atoms with Crippen molar-refractivity contribution in [2.75, 3.05) is 0 Å². The molecule has 20 heavy (non-hydrogen) atoms. The van der Waals surface area contributed by atoms with E-state index in [0.717, 1.165) is 16.9 Å². The van der Waals surface area contributed by atoms with Gasteiger partial charge in [0.05, 0.1) is 17.1 Å². The zero-order chi connectivity index (χ0) is 14.9. The predicted octanol–water partition coefficient (Wildman–Crippen LogP) is 1.11. The van der Waals surface area contributed by atoms with E-state index in [-0.39, 0.29) is 12.8 Å². The molecule has 0 saturated heterocycles. The first-order chi connectivity index (χ1) is 9.40. The van der Waals surface area contributed by atoms with Crippen LogP contribution >= 0.6 is 0 Å². The van der Waals surface area contributed by atoms with Crippen LogP contribution in [0.4, 0.5) is 0 Å². The Morgan fingerprint density at radius 1 is 1.50 bits per heavy atom. The Hall–Kier alpha value is -1.92. The van der Waals surface area contributed by atoms with Crippen molar-refractivity contribution in [3.8, 4) is 0 Å². The van der Waals surface area contributed by atoms with Gasteiger partial charge in [0.15, 0.2) is 0 Å². The molecule has 0 amide bonds. The number of hydrogen-bond donors (Lipinski definition) is 3. The number of nitrogens with zero attached hydrogens (tertiary/aromatic N) is 2. The minimum absolute atomic E-state index is 0.0524. The quantitative estimate of drug-likeness (QED) is 0.760. The first-order valence-corrected chi connectivity index (χ1v) is 6.48. The van der Waals surface area contributed by atoms with Crippen molar-refractivity contribution in [3.05, 3.63) is 29.6 Å². The average molecular weight is 277 g/mol. The van der Waals surface area contributed by atoms with Crippen molar-refractivity contribution < 1.29 is 15.0 Å². The molecule has 6 nitrogen and oxygen atoms in total. The summed E-state index contributed by atoms with van der Waals surface area (Å²) in [6.07, 6.45) is -0.708. The van der Waals surface area contributed by atoms with E-state index >= 15 is 0 Å². The molecule has 0 radical (unpaired) electrons. The number of carbonyl (C=O) groups is 1. The van der Waals surface area contributed by atoms with E-state index in [0.29, 0.717) is 5.56 Å². The highest BCUT2D eigenvalue weighted by atomic mass is 16.4. The number of rotatable bonds is 5. The number of nitrogens with two attached hydrogens (primary N) is 1. The van der Waals surface area contributed by atoms with Crippen LogP contribution in [0.2, 0.25) is 0 Å². The van der Waals surface area contributed by atoms with Gasteiger partial charge >= 0.3 is 5.97 Å². The molecule has 0 bridgehead atoms. The maximum Gasteiger partial charge on any atom is 0.303 e. The monoisotopic (exact) mass is 277 g/mol. The molecule has 4 N–H and O–H groups in total. The molecule has 2 unspecified atom stereocenters. The Morgan fingerprint density at radius 2 is 2.20 bits per heavy atom. The topological polar surface area (TPSA) is 101 Å². The minimum Gasteiger partial charge on any atom is -0.481 e. The lowest BCUT2D eigenvalue weighted by Gasteiger charge is -2.18. The second-order valence-corrected chi connectivity index (χ2v) is 5.01. The smallest absolute Gasteiger partial charge is 0.303 e. The Kier molecular flexibility index (Phi) is 4.06. The number of carboxylic acid groups (broad SMARTS) is 1. The van der Waals surface area contributed by atoms with Gasteiger partial charge in [0.2, 0.25) is 0 Å². The highest BCUT2D eigenvalue weighted by Gasteiger charge is 2.19. The standard InChI is InChI=1S/C14H19N3O3/c1-8-16-11-7-9(3-5-12(11)17(8)2)14(20)10(15)4-6-13(18)19/h3,5,7,10,14,20H,4,6,15H2,1-2H3,(H,18,19). The fraction of sp³-hybridized carbons (Fsp3) is 0.429. The number of aliphatic hydroxyl groups is 1. The number of hydrogen-bond acceptors (Lipinski definition) is 4. The molecule has 0 fully saturated rings. The summed E-state index contributed by atoms with van der Waals surface area (Å²) in [4.78, 5) is 14.9. The maximum atomic E-state index is 10.5. The van der Waals surface area contributed by atoms with E-state index in [4.69, 9.17) is 10.8 Å². The van der Waals surface area contributed by atoms with Crippen LogP contribution in [0.1, 0.15) is 30.3 Å². The van der Waals surface area contributed by atoms with Crippen LogP contribution in [0, 0.1) is 6.92 Å². The first kappa shape index (κ1) is 14.5. The number of aliphatic hydroxyl groups excluding tert-OH is 1. The molecule has 0 aliphatic heterocycles. The van der Waals surface area contributed by atoms with Gasteiger partial charge in [-0.05, 0) is 31.0 Å². The van der Waals surface area contributed by atoms with E-state index in [2.05, 4.69) is 4.98 Å². The van der Waals surface area contributed by atoms with E-state index in [1.165, 1.54) is 0 Å². The lowest BCUT2D eigenvalue weighted by molar-refractivity contribution is -0.137. The number of imidazole rings is 1. The van der Waals surface area contributed by atoms with E-state index in [1.807, 2.05) is 24.6 Å². The second-order valence-electron chi connectivity index (χ2n) is 5.01. The fourth-order valence-corrected chi connectivity index (χ4v) is 2.22. The molecule has 0 aliphatic rings. The first-order valence-electron chi connectivity index (χ1n) is 6.48. The molecule has 0 saturated carbocycles. The number of aromatic nitrogens is 2.